The number of hydrogen-bond acceptors (Lipinski definition) is 1. The van der Waals surface area contributed by atoms with Gasteiger partial charge in [0, 0.05) is 17.8 Å². The normalized spacial score (nSPS) is 13.8. The van der Waals surface area contributed by atoms with Gasteiger partial charge in [-0.05, 0) is 67.1 Å². The van der Waals surface area contributed by atoms with Crippen LogP contribution in [0.5, 0.6) is 0 Å². The summed E-state index contributed by atoms with van der Waals surface area (Å²) in [4.78, 5) is 0. The molecule has 1 N–H and O–H groups in total. The van der Waals surface area contributed by atoms with Gasteiger partial charge in [0.05, 0.1) is 0 Å². The van der Waals surface area contributed by atoms with Crippen molar-refractivity contribution in [3.8, 4) is 11.1 Å². The number of rotatable bonds is 1. The summed E-state index contributed by atoms with van der Waals surface area (Å²) in [7, 11) is 0. The minimum atomic E-state index is -0.124. The molecule has 0 saturated heterocycles. The van der Waals surface area contributed by atoms with E-state index in [1.165, 1.54) is 11.3 Å². The summed E-state index contributed by atoms with van der Waals surface area (Å²) in [6.07, 6.45) is 2.22. The quantitative estimate of drug-likeness (QED) is 0.793. The lowest BCUT2D eigenvalue weighted by molar-refractivity contribution is 0.629. The lowest BCUT2D eigenvalue weighted by Gasteiger charge is -2.19. The summed E-state index contributed by atoms with van der Waals surface area (Å²) in [6.45, 7) is 4.93. The number of halogens is 1. The predicted octanol–water partition coefficient (Wildman–Crippen LogP) is 4.47. The number of nitrogens with one attached hydrogen (secondary N) is 1. The molecule has 0 unspecified atom stereocenters. The largest absolute Gasteiger partial charge is 0.385 e. The van der Waals surface area contributed by atoms with Crippen molar-refractivity contribution in [1.29, 1.82) is 0 Å². The lowest BCUT2D eigenvalue weighted by atomic mass is 9.94. The van der Waals surface area contributed by atoms with Crippen molar-refractivity contribution in [2.45, 2.75) is 26.7 Å². The Bertz CT molecular complexity index is 608. The first-order valence-electron chi connectivity index (χ1n) is 6.79. The summed E-state index contributed by atoms with van der Waals surface area (Å²) in [5, 5.41) is 3.39. The maximum absolute atomic E-state index is 14.2. The van der Waals surface area contributed by atoms with Crippen LogP contribution in [0, 0.1) is 19.7 Å². The van der Waals surface area contributed by atoms with Crippen molar-refractivity contribution >= 4 is 5.69 Å². The van der Waals surface area contributed by atoms with Gasteiger partial charge in [-0.2, -0.15) is 0 Å². The number of hydrogen-bond donors (Lipinski definition) is 1. The zero-order valence-corrected chi connectivity index (χ0v) is 11.4. The average molecular weight is 255 g/mol. The molecule has 1 aliphatic heterocycles. The smallest absolute Gasteiger partial charge is 0.131 e. The molecule has 3 rings (SSSR count). The zero-order chi connectivity index (χ0) is 13.4. The van der Waals surface area contributed by atoms with Gasteiger partial charge in [-0.3, -0.25) is 0 Å². The molecule has 1 heterocycles. The van der Waals surface area contributed by atoms with Crippen LogP contribution in [0.1, 0.15) is 23.1 Å². The molecule has 0 atom stereocenters. The van der Waals surface area contributed by atoms with E-state index in [9.17, 15) is 4.39 Å². The van der Waals surface area contributed by atoms with Crippen LogP contribution in [0.3, 0.4) is 0 Å². The van der Waals surface area contributed by atoms with Gasteiger partial charge < -0.3 is 5.32 Å². The summed E-state index contributed by atoms with van der Waals surface area (Å²) in [6, 6.07) is 9.86. The van der Waals surface area contributed by atoms with Crippen LogP contribution in [-0.4, -0.2) is 6.54 Å². The summed E-state index contributed by atoms with van der Waals surface area (Å²) < 4.78 is 14.2. The van der Waals surface area contributed by atoms with Crippen molar-refractivity contribution < 1.29 is 4.39 Å². The monoisotopic (exact) mass is 255 g/mol. The Labute approximate surface area is 113 Å². The minimum Gasteiger partial charge on any atom is -0.385 e. The van der Waals surface area contributed by atoms with Gasteiger partial charge in [0.25, 0.3) is 0 Å². The third kappa shape index (κ3) is 2.23. The van der Waals surface area contributed by atoms with Gasteiger partial charge in [-0.1, -0.05) is 12.1 Å². The molecule has 0 radical (unpaired) electrons. The highest BCUT2D eigenvalue weighted by molar-refractivity contribution is 5.72. The fourth-order valence-corrected chi connectivity index (χ4v) is 2.91. The molecule has 0 amide bonds. The van der Waals surface area contributed by atoms with E-state index in [4.69, 9.17) is 0 Å². The molecule has 0 spiro atoms. The van der Waals surface area contributed by atoms with E-state index in [1.807, 2.05) is 26.0 Å². The van der Waals surface area contributed by atoms with E-state index in [0.717, 1.165) is 41.6 Å². The summed E-state index contributed by atoms with van der Waals surface area (Å²) in [5.74, 6) is -0.124. The number of anilines is 1. The Morgan fingerprint density at radius 2 is 1.95 bits per heavy atom. The zero-order valence-electron chi connectivity index (χ0n) is 11.4. The van der Waals surface area contributed by atoms with Crippen molar-refractivity contribution in [1.82, 2.24) is 0 Å². The van der Waals surface area contributed by atoms with Crippen molar-refractivity contribution in [2.24, 2.45) is 0 Å². The number of fused-ring (bicyclic) bond motifs is 1. The van der Waals surface area contributed by atoms with E-state index in [2.05, 4.69) is 17.4 Å². The molecule has 1 aliphatic rings. The van der Waals surface area contributed by atoms with Crippen LogP contribution in [0.15, 0.2) is 30.3 Å². The highest BCUT2D eigenvalue weighted by Gasteiger charge is 2.13. The molecular formula is C17H18FN. The van der Waals surface area contributed by atoms with Crippen LogP contribution in [0.4, 0.5) is 10.1 Å². The third-order valence-electron chi connectivity index (χ3n) is 3.76. The van der Waals surface area contributed by atoms with Gasteiger partial charge in [0.2, 0.25) is 0 Å². The van der Waals surface area contributed by atoms with Crippen LogP contribution in [-0.2, 0) is 6.42 Å². The van der Waals surface area contributed by atoms with Crippen LogP contribution in [0.25, 0.3) is 11.1 Å². The number of aryl methyl sites for hydroxylation is 3. The first-order valence-corrected chi connectivity index (χ1v) is 6.79. The van der Waals surface area contributed by atoms with Crippen LogP contribution < -0.4 is 5.32 Å². The highest BCUT2D eigenvalue weighted by atomic mass is 19.1. The minimum absolute atomic E-state index is 0.124. The third-order valence-corrected chi connectivity index (χ3v) is 3.76. The summed E-state index contributed by atoms with van der Waals surface area (Å²) >= 11 is 0. The van der Waals surface area contributed by atoms with Crippen molar-refractivity contribution in [3.05, 3.63) is 52.8 Å². The van der Waals surface area contributed by atoms with E-state index < -0.39 is 0 Å². The topological polar surface area (TPSA) is 12.0 Å². The molecule has 0 bridgehead atoms. The van der Waals surface area contributed by atoms with E-state index in [1.54, 1.807) is 6.07 Å². The fourth-order valence-electron chi connectivity index (χ4n) is 2.91. The second-order valence-corrected chi connectivity index (χ2v) is 5.34. The average Bonchev–Trinajstić information content (AvgIpc) is 2.37. The molecule has 0 aromatic heterocycles. The molecule has 19 heavy (non-hydrogen) atoms. The van der Waals surface area contributed by atoms with Crippen molar-refractivity contribution in [3.63, 3.8) is 0 Å². The van der Waals surface area contributed by atoms with Crippen LogP contribution in [0.2, 0.25) is 0 Å². The Morgan fingerprint density at radius 1 is 1.11 bits per heavy atom. The first kappa shape index (κ1) is 12.2. The van der Waals surface area contributed by atoms with E-state index >= 15 is 0 Å². The van der Waals surface area contributed by atoms with Gasteiger partial charge in [-0.15, -0.1) is 0 Å². The predicted molar refractivity (Wildman–Crippen MR) is 78.1 cm³/mol. The first-order chi connectivity index (χ1) is 9.15. The maximum atomic E-state index is 14.2. The lowest BCUT2D eigenvalue weighted by Crippen LogP contribution is -2.11. The van der Waals surface area contributed by atoms with Gasteiger partial charge >= 0.3 is 0 Å². The molecular weight excluding hydrogens is 237 g/mol. The maximum Gasteiger partial charge on any atom is 0.131 e. The van der Waals surface area contributed by atoms with Gasteiger partial charge in [0.1, 0.15) is 5.82 Å². The SMILES string of the molecule is Cc1cc(C)c(-c2ccc3c(c2)CCCN3)c(F)c1. The second kappa shape index (κ2) is 4.69. The Hall–Kier alpha value is -1.83. The Morgan fingerprint density at radius 3 is 2.74 bits per heavy atom. The van der Waals surface area contributed by atoms with E-state index in [0.29, 0.717) is 0 Å². The molecule has 0 fully saturated rings. The van der Waals surface area contributed by atoms with Crippen molar-refractivity contribution in [2.75, 3.05) is 11.9 Å². The molecule has 1 nitrogen and oxygen atoms in total. The second-order valence-electron chi connectivity index (χ2n) is 5.34. The number of benzene rings is 2. The highest BCUT2D eigenvalue weighted by Crippen LogP contribution is 2.32. The molecule has 2 aromatic rings. The van der Waals surface area contributed by atoms with Crippen LogP contribution >= 0.6 is 0 Å². The van der Waals surface area contributed by atoms with Gasteiger partial charge in [0.15, 0.2) is 0 Å². The Balaban J connectivity index is 2.12. The molecule has 2 heteroatoms. The van der Waals surface area contributed by atoms with E-state index in [-0.39, 0.29) is 5.82 Å². The molecule has 0 saturated carbocycles. The fraction of sp³-hybridized carbons (Fsp3) is 0.294. The summed E-state index contributed by atoms with van der Waals surface area (Å²) in [5.41, 5.74) is 6.18. The van der Waals surface area contributed by atoms with Gasteiger partial charge in [-0.25, -0.2) is 4.39 Å². The molecule has 98 valence electrons. The molecule has 2 aromatic carbocycles. The standard InChI is InChI=1S/C17H18FN/c1-11-8-12(2)17(15(18)9-11)14-5-6-16-13(10-14)4-3-7-19-16/h5-6,8-10,19H,3-4,7H2,1-2H3. The Kier molecular flexibility index (Phi) is 3.02. The molecule has 0 aliphatic carbocycles.